The lowest BCUT2D eigenvalue weighted by Crippen LogP contribution is -2.36. The Morgan fingerprint density at radius 2 is 2.21 bits per heavy atom. The summed E-state index contributed by atoms with van der Waals surface area (Å²) < 4.78 is 2.05. The Kier molecular flexibility index (Phi) is 4.39. The number of nitrogens with zero attached hydrogens (tertiary/aromatic N) is 3. The van der Waals surface area contributed by atoms with Gasteiger partial charge in [-0.2, -0.15) is 0 Å². The molecule has 0 saturated carbocycles. The summed E-state index contributed by atoms with van der Waals surface area (Å²) in [6.07, 6.45) is 3.80. The van der Waals surface area contributed by atoms with Gasteiger partial charge < -0.3 is 10.3 Å². The molecule has 2 atom stereocenters. The number of nitrogens with two attached hydrogens (primary N) is 1. The van der Waals surface area contributed by atoms with Crippen LogP contribution in [0.15, 0.2) is 24.5 Å². The largest absolute Gasteiger partial charge is 0.337 e. The molecule has 19 heavy (non-hydrogen) atoms. The molecular formula is C14H22N4S. The maximum atomic E-state index is 6.18. The van der Waals surface area contributed by atoms with Crippen molar-refractivity contribution >= 4 is 11.3 Å². The third kappa shape index (κ3) is 3.23. The third-order valence-corrected chi connectivity index (χ3v) is 4.41. The molecule has 0 aliphatic carbocycles. The van der Waals surface area contributed by atoms with Gasteiger partial charge in [-0.25, -0.2) is 4.98 Å². The highest BCUT2D eigenvalue weighted by Gasteiger charge is 2.23. The predicted molar refractivity (Wildman–Crippen MR) is 80.1 cm³/mol. The molecule has 2 heterocycles. The number of rotatable bonds is 5. The fourth-order valence-corrected chi connectivity index (χ4v) is 3.52. The van der Waals surface area contributed by atoms with Gasteiger partial charge in [0.1, 0.15) is 5.82 Å². The molecule has 0 fully saturated rings. The second kappa shape index (κ2) is 5.86. The van der Waals surface area contributed by atoms with Crippen LogP contribution < -0.4 is 5.73 Å². The molecule has 0 radical (unpaired) electrons. The molecule has 5 heteroatoms. The van der Waals surface area contributed by atoms with Crippen LogP contribution in [-0.2, 0) is 13.6 Å². The molecule has 0 spiro atoms. The fraction of sp³-hybridized carbons (Fsp3) is 0.500. The standard InChI is InChI=1S/C14H22N4S/c1-10-5-6-12(19-10)14(11(2)15)18(4)9-13-16-7-8-17(13)3/h5-8,11,14H,9,15H2,1-4H3. The van der Waals surface area contributed by atoms with Crippen LogP contribution in [0.1, 0.15) is 28.5 Å². The van der Waals surface area contributed by atoms with E-state index in [0.717, 1.165) is 12.4 Å². The van der Waals surface area contributed by atoms with Crippen LogP contribution in [0.2, 0.25) is 0 Å². The second-order valence-electron chi connectivity index (χ2n) is 5.12. The Balaban J connectivity index is 2.18. The molecule has 0 bridgehead atoms. The molecule has 4 nitrogen and oxygen atoms in total. The number of hydrogen-bond donors (Lipinski definition) is 1. The van der Waals surface area contributed by atoms with Crippen LogP contribution in [0.25, 0.3) is 0 Å². The first-order valence-corrected chi connectivity index (χ1v) is 7.29. The Hall–Kier alpha value is -1.17. The van der Waals surface area contributed by atoms with E-state index in [1.165, 1.54) is 9.75 Å². The summed E-state index contributed by atoms with van der Waals surface area (Å²) in [7, 11) is 4.13. The first-order chi connectivity index (χ1) is 8.99. The van der Waals surface area contributed by atoms with E-state index >= 15 is 0 Å². The van der Waals surface area contributed by atoms with Crippen molar-refractivity contribution in [1.82, 2.24) is 14.5 Å². The van der Waals surface area contributed by atoms with Crippen LogP contribution in [0.5, 0.6) is 0 Å². The lowest BCUT2D eigenvalue weighted by Gasteiger charge is -2.30. The topological polar surface area (TPSA) is 47.1 Å². The Bertz CT molecular complexity index is 529. The third-order valence-electron chi connectivity index (χ3n) is 3.34. The van der Waals surface area contributed by atoms with E-state index in [1.807, 2.05) is 30.8 Å². The highest BCUT2D eigenvalue weighted by molar-refractivity contribution is 7.12. The summed E-state index contributed by atoms with van der Waals surface area (Å²) >= 11 is 1.82. The molecule has 0 amide bonds. The highest BCUT2D eigenvalue weighted by atomic mass is 32.1. The molecule has 104 valence electrons. The molecule has 0 aliphatic heterocycles. The molecule has 0 saturated heterocycles. The summed E-state index contributed by atoms with van der Waals surface area (Å²) in [5, 5.41) is 0. The number of likely N-dealkylation sites (N-methyl/N-ethyl adjacent to an activating group) is 1. The van der Waals surface area contributed by atoms with Gasteiger partial charge in [0, 0.05) is 35.2 Å². The van der Waals surface area contributed by atoms with Gasteiger partial charge in [0.15, 0.2) is 0 Å². The summed E-state index contributed by atoms with van der Waals surface area (Å²) in [5.41, 5.74) is 6.18. The van der Waals surface area contributed by atoms with Crippen LogP contribution in [0.3, 0.4) is 0 Å². The van der Waals surface area contributed by atoms with Gasteiger partial charge in [0.05, 0.1) is 12.6 Å². The minimum Gasteiger partial charge on any atom is -0.337 e. The molecule has 2 unspecified atom stereocenters. The predicted octanol–water partition coefficient (Wildman–Crippen LogP) is 2.31. The monoisotopic (exact) mass is 278 g/mol. The van der Waals surface area contributed by atoms with Crippen molar-refractivity contribution in [3.05, 3.63) is 40.1 Å². The van der Waals surface area contributed by atoms with E-state index in [1.54, 1.807) is 0 Å². The molecule has 2 rings (SSSR count). The lowest BCUT2D eigenvalue weighted by atomic mass is 10.1. The van der Waals surface area contributed by atoms with Crippen LogP contribution >= 0.6 is 11.3 Å². The molecular weight excluding hydrogens is 256 g/mol. The molecule has 0 aliphatic rings. The van der Waals surface area contributed by atoms with E-state index < -0.39 is 0 Å². The minimum atomic E-state index is 0.0864. The Morgan fingerprint density at radius 1 is 1.47 bits per heavy atom. The second-order valence-corrected chi connectivity index (χ2v) is 6.44. The number of hydrogen-bond acceptors (Lipinski definition) is 4. The van der Waals surface area contributed by atoms with Gasteiger partial charge >= 0.3 is 0 Å². The highest BCUT2D eigenvalue weighted by Crippen LogP contribution is 2.29. The van der Waals surface area contributed by atoms with Crippen LogP contribution in [-0.4, -0.2) is 27.5 Å². The average molecular weight is 278 g/mol. The molecule has 0 aromatic carbocycles. The maximum Gasteiger partial charge on any atom is 0.122 e. The summed E-state index contributed by atoms with van der Waals surface area (Å²) in [6, 6.07) is 4.66. The van der Waals surface area contributed by atoms with Gasteiger partial charge in [-0.3, -0.25) is 4.90 Å². The maximum absolute atomic E-state index is 6.18. The zero-order valence-electron chi connectivity index (χ0n) is 12.0. The number of aryl methyl sites for hydroxylation is 2. The molecule has 2 aromatic rings. The quantitative estimate of drug-likeness (QED) is 0.913. The fourth-order valence-electron chi connectivity index (χ4n) is 2.36. The van der Waals surface area contributed by atoms with Crippen molar-refractivity contribution in [3.8, 4) is 0 Å². The van der Waals surface area contributed by atoms with E-state index in [-0.39, 0.29) is 12.1 Å². The van der Waals surface area contributed by atoms with Crippen LogP contribution in [0, 0.1) is 6.92 Å². The van der Waals surface area contributed by atoms with E-state index in [4.69, 9.17) is 5.73 Å². The van der Waals surface area contributed by atoms with Crippen molar-refractivity contribution < 1.29 is 0 Å². The van der Waals surface area contributed by atoms with Crippen molar-refractivity contribution in [3.63, 3.8) is 0 Å². The zero-order chi connectivity index (χ0) is 14.0. The van der Waals surface area contributed by atoms with Gasteiger partial charge in [0.25, 0.3) is 0 Å². The van der Waals surface area contributed by atoms with Crippen LogP contribution in [0.4, 0.5) is 0 Å². The summed E-state index contributed by atoms with van der Waals surface area (Å²) in [4.78, 5) is 9.30. The van der Waals surface area contributed by atoms with Crippen molar-refractivity contribution in [2.24, 2.45) is 12.8 Å². The smallest absolute Gasteiger partial charge is 0.122 e. The first-order valence-electron chi connectivity index (χ1n) is 6.47. The van der Waals surface area contributed by atoms with E-state index in [0.29, 0.717) is 0 Å². The number of imidazole rings is 1. The summed E-state index contributed by atoms with van der Waals surface area (Å²) in [5.74, 6) is 1.06. The van der Waals surface area contributed by atoms with Gasteiger partial charge in [0.2, 0.25) is 0 Å². The Labute approximate surface area is 118 Å². The van der Waals surface area contributed by atoms with Crippen molar-refractivity contribution in [1.29, 1.82) is 0 Å². The van der Waals surface area contributed by atoms with Gasteiger partial charge in [-0.1, -0.05) is 0 Å². The molecule has 2 aromatic heterocycles. The van der Waals surface area contributed by atoms with Gasteiger partial charge in [-0.15, -0.1) is 11.3 Å². The normalized spacial score (nSPS) is 14.8. The first kappa shape index (κ1) is 14.2. The van der Waals surface area contributed by atoms with E-state index in [2.05, 4.69) is 47.5 Å². The lowest BCUT2D eigenvalue weighted by molar-refractivity contribution is 0.207. The molecule has 2 N–H and O–H groups in total. The van der Waals surface area contributed by atoms with Gasteiger partial charge in [-0.05, 0) is 33.0 Å². The Morgan fingerprint density at radius 3 is 2.68 bits per heavy atom. The van der Waals surface area contributed by atoms with Crippen molar-refractivity contribution in [2.75, 3.05) is 7.05 Å². The zero-order valence-corrected chi connectivity index (χ0v) is 12.8. The van der Waals surface area contributed by atoms with Crippen molar-refractivity contribution in [2.45, 2.75) is 32.5 Å². The minimum absolute atomic E-state index is 0.0864. The summed E-state index contributed by atoms with van der Waals surface area (Å²) in [6.45, 7) is 4.99. The average Bonchev–Trinajstić information content (AvgIpc) is 2.89. The number of thiophene rings is 1. The number of aromatic nitrogens is 2. The van der Waals surface area contributed by atoms with E-state index in [9.17, 15) is 0 Å². The SMILES string of the molecule is Cc1ccc(C(C(C)N)N(C)Cc2nccn2C)s1.